The number of carbonyl (C=O) groups is 2. The van der Waals surface area contributed by atoms with Crippen LogP contribution in [0, 0.1) is 6.92 Å². The third kappa shape index (κ3) is 5.36. The topological polar surface area (TPSA) is 63.0 Å². The number of hydrogen-bond donors (Lipinski definition) is 0. The summed E-state index contributed by atoms with van der Waals surface area (Å²) in [5, 5.41) is 0. The maximum atomic E-state index is 13.2. The summed E-state index contributed by atoms with van der Waals surface area (Å²) >= 11 is 0. The van der Waals surface area contributed by atoms with Crippen molar-refractivity contribution in [2.45, 2.75) is 20.0 Å². The summed E-state index contributed by atoms with van der Waals surface area (Å²) < 4.78 is 10.4. The Kier molecular flexibility index (Phi) is 7.03. The Labute approximate surface area is 176 Å². The van der Waals surface area contributed by atoms with Crippen molar-refractivity contribution in [2.75, 3.05) is 25.6 Å². The van der Waals surface area contributed by atoms with E-state index in [9.17, 15) is 9.59 Å². The molecule has 0 N–H and O–H groups in total. The van der Waals surface area contributed by atoms with E-state index in [4.69, 9.17) is 9.15 Å². The first-order valence-electron chi connectivity index (χ1n) is 9.73. The van der Waals surface area contributed by atoms with Crippen molar-refractivity contribution in [3.8, 4) is 0 Å². The van der Waals surface area contributed by atoms with E-state index < -0.39 is 5.97 Å². The van der Waals surface area contributed by atoms with Gasteiger partial charge >= 0.3 is 5.97 Å². The van der Waals surface area contributed by atoms with Crippen molar-refractivity contribution >= 4 is 17.6 Å². The average molecular weight is 406 g/mol. The molecule has 2 aromatic carbocycles. The molecule has 0 saturated carbocycles. The molecule has 3 rings (SSSR count). The zero-order chi connectivity index (χ0) is 21.5. The van der Waals surface area contributed by atoms with Crippen molar-refractivity contribution in [3.05, 3.63) is 89.4 Å². The zero-order valence-electron chi connectivity index (χ0n) is 17.5. The van der Waals surface area contributed by atoms with Crippen molar-refractivity contribution in [2.24, 2.45) is 0 Å². The molecule has 156 valence electrons. The minimum Gasteiger partial charge on any atom is -0.465 e. The third-order valence-corrected chi connectivity index (χ3v) is 4.76. The van der Waals surface area contributed by atoms with E-state index in [-0.39, 0.29) is 12.5 Å². The molecular formula is C24H26N2O4. The van der Waals surface area contributed by atoms with Crippen LogP contribution in [0.3, 0.4) is 0 Å². The number of aryl methyl sites for hydroxylation is 1. The van der Waals surface area contributed by atoms with Gasteiger partial charge in [0.2, 0.25) is 5.91 Å². The Morgan fingerprint density at radius 1 is 0.967 bits per heavy atom. The van der Waals surface area contributed by atoms with Crippen LogP contribution in [0.2, 0.25) is 0 Å². The van der Waals surface area contributed by atoms with Gasteiger partial charge in [0.1, 0.15) is 17.1 Å². The fourth-order valence-electron chi connectivity index (χ4n) is 3.27. The van der Waals surface area contributed by atoms with Crippen LogP contribution in [0.1, 0.15) is 27.4 Å². The normalized spacial score (nSPS) is 10.8. The first kappa shape index (κ1) is 21.3. The van der Waals surface area contributed by atoms with E-state index in [1.807, 2.05) is 72.6 Å². The minimum atomic E-state index is -0.431. The predicted octanol–water partition coefficient (Wildman–Crippen LogP) is 4.04. The molecule has 1 heterocycles. The Morgan fingerprint density at radius 2 is 1.60 bits per heavy atom. The molecule has 6 heteroatoms. The molecule has 0 spiro atoms. The van der Waals surface area contributed by atoms with Crippen molar-refractivity contribution in [1.82, 2.24) is 4.90 Å². The number of likely N-dealkylation sites (N-methyl/N-ethyl adjacent to an activating group) is 1. The van der Waals surface area contributed by atoms with Crippen LogP contribution in [0.25, 0.3) is 0 Å². The number of carbonyl (C=O) groups excluding carboxylic acids is 2. The smallest absolute Gasteiger partial charge is 0.341 e. The van der Waals surface area contributed by atoms with Crippen LogP contribution in [0.4, 0.5) is 5.69 Å². The van der Waals surface area contributed by atoms with E-state index in [0.29, 0.717) is 30.2 Å². The number of nitrogens with zero attached hydrogens (tertiary/aromatic N) is 2. The Balaban J connectivity index is 1.71. The first-order chi connectivity index (χ1) is 14.5. The van der Waals surface area contributed by atoms with E-state index in [1.165, 1.54) is 7.11 Å². The predicted molar refractivity (Wildman–Crippen MR) is 115 cm³/mol. The third-order valence-electron chi connectivity index (χ3n) is 4.76. The molecule has 30 heavy (non-hydrogen) atoms. The lowest BCUT2D eigenvalue weighted by molar-refractivity contribution is -0.119. The summed E-state index contributed by atoms with van der Waals surface area (Å²) in [5.74, 6) is 0.660. The van der Waals surface area contributed by atoms with Crippen LogP contribution in [0.5, 0.6) is 0 Å². The van der Waals surface area contributed by atoms with Gasteiger partial charge in [0.25, 0.3) is 0 Å². The number of para-hydroxylation sites is 1. The molecule has 0 atom stereocenters. The Bertz CT molecular complexity index is 983. The summed E-state index contributed by atoms with van der Waals surface area (Å²) in [4.78, 5) is 28.6. The molecule has 0 bridgehead atoms. The van der Waals surface area contributed by atoms with Crippen LogP contribution >= 0.6 is 0 Å². The molecule has 6 nitrogen and oxygen atoms in total. The van der Waals surface area contributed by atoms with Crippen LogP contribution in [-0.2, 0) is 22.6 Å². The molecule has 0 aliphatic heterocycles. The van der Waals surface area contributed by atoms with Gasteiger partial charge < -0.3 is 14.1 Å². The highest BCUT2D eigenvalue weighted by atomic mass is 16.5. The fraction of sp³-hybridized carbons (Fsp3) is 0.250. The van der Waals surface area contributed by atoms with Gasteiger partial charge in [-0.3, -0.25) is 9.69 Å². The van der Waals surface area contributed by atoms with Gasteiger partial charge in [-0.15, -0.1) is 0 Å². The molecule has 0 saturated heterocycles. The highest BCUT2D eigenvalue weighted by Crippen LogP contribution is 2.19. The van der Waals surface area contributed by atoms with Crippen LogP contribution in [0.15, 0.2) is 71.1 Å². The summed E-state index contributed by atoms with van der Waals surface area (Å²) in [6.45, 7) is 2.81. The van der Waals surface area contributed by atoms with E-state index in [1.54, 1.807) is 17.9 Å². The lowest BCUT2D eigenvalue weighted by atomic mass is 10.2. The zero-order valence-corrected chi connectivity index (χ0v) is 17.5. The second kappa shape index (κ2) is 9.89. The number of esters is 1. The molecule has 3 aromatic rings. The lowest BCUT2D eigenvalue weighted by Gasteiger charge is -2.25. The standard InChI is InChI=1S/C24H26N2O4/c1-18-22(24(28)29-3)14-21(30-18)16-25(2)17-23(27)26(20-12-8-5-9-13-20)15-19-10-6-4-7-11-19/h4-14H,15-17H2,1-3H3. The van der Waals surface area contributed by atoms with Gasteiger partial charge in [0.15, 0.2) is 0 Å². The fourth-order valence-corrected chi connectivity index (χ4v) is 3.27. The van der Waals surface area contributed by atoms with E-state index in [2.05, 4.69) is 0 Å². The van der Waals surface area contributed by atoms with Gasteiger partial charge in [-0.1, -0.05) is 48.5 Å². The van der Waals surface area contributed by atoms with Crippen LogP contribution in [-0.4, -0.2) is 37.5 Å². The summed E-state index contributed by atoms with van der Waals surface area (Å²) in [5.41, 5.74) is 2.31. The highest BCUT2D eigenvalue weighted by Gasteiger charge is 2.20. The molecule has 0 radical (unpaired) electrons. The second-order valence-corrected chi connectivity index (χ2v) is 7.15. The largest absolute Gasteiger partial charge is 0.465 e. The molecule has 0 unspecified atom stereocenters. The number of benzene rings is 2. The van der Waals surface area contributed by atoms with Gasteiger partial charge in [-0.2, -0.15) is 0 Å². The number of ether oxygens (including phenoxy) is 1. The summed E-state index contributed by atoms with van der Waals surface area (Å²) in [6, 6.07) is 21.2. The van der Waals surface area contributed by atoms with Crippen molar-refractivity contribution in [3.63, 3.8) is 0 Å². The maximum absolute atomic E-state index is 13.2. The number of furan rings is 1. The molecule has 0 aliphatic rings. The van der Waals surface area contributed by atoms with Crippen LogP contribution < -0.4 is 4.90 Å². The summed E-state index contributed by atoms with van der Waals surface area (Å²) in [6.07, 6.45) is 0. The lowest BCUT2D eigenvalue weighted by Crippen LogP contribution is -2.38. The number of methoxy groups -OCH3 is 1. The summed E-state index contributed by atoms with van der Waals surface area (Å²) in [7, 11) is 3.18. The molecular weight excluding hydrogens is 380 g/mol. The van der Waals surface area contributed by atoms with Crippen molar-refractivity contribution in [1.29, 1.82) is 0 Å². The average Bonchev–Trinajstić information content (AvgIpc) is 3.12. The van der Waals surface area contributed by atoms with E-state index in [0.717, 1.165) is 11.3 Å². The van der Waals surface area contributed by atoms with Crippen molar-refractivity contribution < 1.29 is 18.7 Å². The van der Waals surface area contributed by atoms with Gasteiger partial charge in [0, 0.05) is 5.69 Å². The Hall–Kier alpha value is -3.38. The number of hydrogen-bond acceptors (Lipinski definition) is 5. The number of amides is 1. The van der Waals surface area contributed by atoms with Gasteiger partial charge in [0.05, 0.1) is 26.7 Å². The second-order valence-electron chi connectivity index (χ2n) is 7.15. The quantitative estimate of drug-likeness (QED) is 0.529. The first-order valence-corrected chi connectivity index (χ1v) is 9.73. The number of anilines is 1. The monoisotopic (exact) mass is 406 g/mol. The maximum Gasteiger partial charge on any atom is 0.341 e. The molecule has 1 aromatic heterocycles. The number of rotatable bonds is 8. The van der Waals surface area contributed by atoms with Gasteiger partial charge in [-0.05, 0) is 37.7 Å². The Morgan fingerprint density at radius 3 is 2.23 bits per heavy atom. The molecule has 0 aliphatic carbocycles. The van der Waals surface area contributed by atoms with Gasteiger partial charge in [-0.25, -0.2) is 4.79 Å². The molecule has 0 fully saturated rings. The SMILES string of the molecule is COC(=O)c1cc(CN(C)CC(=O)N(Cc2ccccc2)c2ccccc2)oc1C. The minimum absolute atomic E-state index is 0.0241. The van der Waals surface area contributed by atoms with E-state index >= 15 is 0 Å². The highest BCUT2D eigenvalue weighted by molar-refractivity contribution is 5.94. The molecule has 1 amide bonds.